The summed E-state index contributed by atoms with van der Waals surface area (Å²) in [4.78, 5) is 29.7. The lowest BCUT2D eigenvalue weighted by Gasteiger charge is -2.23. The fraction of sp³-hybridized carbons (Fsp3) is 0.273. The molecule has 6 nitrogen and oxygen atoms in total. The molecule has 1 heterocycles. The van der Waals surface area contributed by atoms with E-state index in [-0.39, 0.29) is 5.43 Å². The maximum atomic E-state index is 12.6. The number of carbonyl (C=O) groups excluding carboxylic acids is 1. The maximum Gasteiger partial charge on any atom is 0.248 e. The number of H-pyrrole nitrogens is 1. The molecular weight excluding hydrogens is 354 g/mol. The van der Waals surface area contributed by atoms with E-state index in [2.05, 4.69) is 16.0 Å². The lowest BCUT2D eigenvalue weighted by atomic mass is 10.1. The molecule has 1 amide bonds. The molecule has 3 aromatic rings. The van der Waals surface area contributed by atoms with E-state index in [0.717, 1.165) is 36.4 Å². The third-order valence-corrected chi connectivity index (χ3v) is 5.17. The van der Waals surface area contributed by atoms with Crippen LogP contribution in [0.15, 0.2) is 53.3 Å². The molecule has 28 heavy (non-hydrogen) atoms. The molecule has 0 spiro atoms. The normalized spacial score (nSPS) is 13.8. The fourth-order valence-electron chi connectivity index (χ4n) is 3.57. The summed E-state index contributed by atoms with van der Waals surface area (Å²) in [6.07, 6.45) is 2.32. The Morgan fingerprint density at radius 1 is 1.18 bits per heavy atom. The average molecular weight is 377 g/mol. The molecule has 3 N–H and O–H groups in total. The summed E-state index contributed by atoms with van der Waals surface area (Å²) in [7, 11) is 1.68. The van der Waals surface area contributed by atoms with Gasteiger partial charge in [0, 0.05) is 52.9 Å². The Bertz CT molecular complexity index is 1090. The number of hydrogen-bond donors (Lipinski definition) is 2. The van der Waals surface area contributed by atoms with Crippen LogP contribution in [0.4, 0.5) is 0 Å². The van der Waals surface area contributed by atoms with Crippen molar-refractivity contribution in [1.29, 1.82) is 0 Å². The van der Waals surface area contributed by atoms with Crippen LogP contribution >= 0.6 is 0 Å². The second kappa shape index (κ2) is 7.48. The van der Waals surface area contributed by atoms with E-state index in [1.165, 1.54) is 0 Å². The summed E-state index contributed by atoms with van der Waals surface area (Å²) >= 11 is 0. The first-order chi connectivity index (χ1) is 13.5. The quantitative estimate of drug-likeness (QED) is 0.663. The van der Waals surface area contributed by atoms with E-state index in [0.29, 0.717) is 29.1 Å². The van der Waals surface area contributed by atoms with Crippen molar-refractivity contribution in [2.45, 2.75) is 32.0 Å². The number of aromatic nitrogens is 1. The highest BCUT2D eigenvalue weighted by Crippen LogP contribution is 2.31. The summed E-state index contributed by atoms with van der Waals surface area (Å²) in [6.45, 7) is 1.40. The second-order valence-electron chi connectivity index (χ2n) is 7.23. The van der Waals surface area contributed by atoms with E-state index < -0.39 is 5.91 Å². The topological polar surface area (TPSA) is 88.4 Å². The fourth-order valence-corrected chi connectivity index (χ4v) is 3.57. The van der Waals surface area contributed by atoms with Crippen molar-refractivity contribution in [1.82, 2.24) is 9.88 Å². The van der Waals surface area contributed by atoms with E-state index in [1.807, 2.05) is 18.2 Å². The van der Waals surface area contributed by atoms with Gasteiger partial charge in [-0.1, -0.05) is 18.2 Å². The summed E-state index contributed by atoms with van der Waals surface area (Å²) in [5, 5.41) is 0.475. The van der Waals surface area contributed by atoms with Crippen molar-refractivity contribution in [2.24, 2.45) is 5.73 Å². The van der Waals surface area contributed by atoms with Crippen LogP contribution in [0.25, 0.3) is 10.9 Å². The van der Waals surface area contributed by atoms with Crippen LogP contribution in [0.2, 0.25) is 0 Å². The largest absolute Gasteiger partial charge is 0.496 e. The molecule has 0 radical (unpaired) electrons. The van der Waals surface area contributed by atoms with E-state index in [9.17, 15) is 9.59 Å². The molecule has 0 aliphatic heterocycles. The number of ether oxygens (including phenoxy) is 1. The Hall–Kier alpha value is -3.12. The molecule has 1 aromatic heterocycles. The van der Waals surface area contributed by atoms with Crippen LogP contribution in [0, 0.1) is 0 Å². The van der Waals surface area contributed by atoms with Crippen LogP contribution in [0.5, 0.6) is 5.75 Å². The third-order valence-electron chi connectivity index (χ3n) is 5.17. The number of nitrogens with one attached hydrogen (secondary N) is 1. The maximum absolute atomic E-state index is 12.6. The van der Waals surface area contributed by atoms with Gasteiger partial charge in [0.25, 0.3) is 0 Å². The highest BCUT2D eigenvalue weighted by Gasteiger charge is 2.29. The minimum Gasteiger partial charge on any atom is -0.496 e. The van der Waals surface area contributed by atoms with E-state index in [1.54, 1.807) is 31.4 Å². The van der Waals surface area contributed by atoms with Crippen molar-refractivity contribution in [3.63, 3.8) is 0 Å². The Morgan fingerprint density at radius 2 is 1.96 bits per heavy atom. The van der Waals surface area contributed by atoms with Gasteiger partial charge in [-0.2, -0.15) is 0 Å². The second-order valence-corrected chi connectivity index (χ2v) is 7.23. The predicted octanol–water partition coefficient (Wildman–Crippen LogP) is 2.80. The van der Waals surface area contributed by atoms with Gasteiger partial charge in [0.1, 0.15) is 5.75 Å². The average Bonchev–Trinajstić information content (AvgIpc) is 3.53. The number of fused-ring (bicyclic) bond motifs is 1. The molecule has 1 aliphatic carbocycles. The van der Waals surface area contributed by atoms with Gasteiger partial charge in [0.2, 0.25) is 5.91 Å². The van der Waals surface area contributed by atoms with Crippen LogP contribution in [0.3, 0.4) is 0 Å². The van der Waals surface area contributed by atoms with Gasteiger partial charge >= 0.3 is 0 Å². The molecule has 1 saturated carbocycles. The molecule has 0 unspecified atom stereocenters. The van der Waals surface area contributed by atoms with Gasteiger partial charge in [-0.15, -0.1) is 0 Å². The van der Waals surface area contributed by atoms with Crippen molar-refractivity contribution < 1.29 is 9.53 Å². The first kappa shape index (κ1) is 18.3. The van der Waals surface area contributed by atoms with Crippen LogP contribution in [-0.2, 0) is 13.1 Å². The zero-order valence-electron chi connectivity index (χ0n) is 15.8. The zero-order valence-corrected chi connectivity index (χ0v) is 15.8. The first-order valence-electron chi connectivity index (χ1n) is 9.37. The van der Waals surface area contributed by atoms with Gasteiger partial charge < -0.3 is 15.5 Å². The number of nitrogens with zero attached hydrogens (tertiary/aromatic N) is 1. The SMILES string of the molecule is COc1ccccc1CN(Cc1cc(=O)c2cc(C(N)=O)ccc2[nH]1)C1CC1. The van der Waals surface area contributed by atoms with Crippen LogP contribution < -0.4 is 15.9 Å². The Morgan fingerprint density at radius 3 is 2.68 bits per heavy atom. The first-order valence-corrected chi connectivity index (χ1v) is 9.37. The number of methoxy groups -OCH3 is 1. The number of amides is 1. The molecule has 6 heteroatoms. The molecule has 1 fully saturated rings. The molecule has 0 saturated heterocycles. The summed E-state index contributed by atoms with van der Waals surface area (Å²) in [5.41, 5.74) is 8.24. The van der Waals surface area contributed by atoms with Gasteiger partial charge in [-0.05, 0) is 37.1 Å². The van der Waals surface area contributed by atoms with Crippen molar-refractivity contribution in [3.05, 3.63) is 75.6 Å². The Balaban J connectivity index is 1.62. The third kappa shape index (κ3) is 3.77. The number of rotatable bonds is 7. The smallest absolute Gasteiger partial charge is 0.248 e. The molecule has 144 valence electrons. The number of aromatic amines is 1. The minimum atomic E-state index is -0.540. The molecule has 4 rings (SSSR count). The number of para-hydroxylation sites is 1. The molecule has 0 bridgehead atoms. The standard InChI is InChI=1S/C22H23N3O3/c1-28-21-5-3-2-4-15(21)12-25(17-7-8-17)13-16-11-20(26)18-10-14(22(23)27)6-9-19(18)24-16/h2-6,9-11,17H,7-8,12-13H2,1H3,(H2,23,27)(H,24,26). The monoisotopic (exact) mass is 377 g/mol. The molecule has 2 aromatic carbocycles. The predicted molar refractivity (Wildman–Crippen MR) is 108 cm³/mol. The summed E-state index contributed by atoms with van der Waals surface area (Å²) in [5.74, 6) is 0.334. The van der Waals surface area contributed by atoms with Gasteiger partial charge in [0.05, 0.1) is 7.11 Å². The van der Waals surface area contributed by atoms with Crippen LogP contribution in [0.1, 0.15) is 34.5 Å². The van der Waals surface area contributed by atoms with Gasteiger partial charge in [0.15, 0.2) is 5.43 Å². The Kier molecular flexibility index (Phi) is 4.88. The number of benzene rings is 2. The number of nitrogens with two attached hydrogens (primary N) is 1. The summed E-state index contributed by atoms with van der Waals surface area (Å²) < 4.78 is 5.48. The van der Waals surface area contributed by atoms with Gasteiger partial charge in [-0.3, -0.25) is 14.5 Å². The zero-order chi connectivity index (χ0) is 19.7. The van der Waals surface area contributed by atoms with Crippen LogP contribution in [-0.4, -0.2) is 28.9 Å². The molecular formula is C22H23N3O3. The highest BCUT2D eigenvalue weighted by atomic mass is 16.5. The summed E-state index contributed by atoms with van der Waals surface area (Å²) in [6, 6.07) is 15.1. The number of hydrogen-bond acceptors (Lipinski definition) is 4. The van der Waals surface area contributed by atoms with E-state index in [4.69, 9.17) is 10.5 Å². The van der Waals surface area contributed by atoms with E-state index >= 15 is 0 Å². The lowest BCUT2D eigenvalue weighted by Crippen LogP contribution is -2.26. The van der Waals surface area contributed by atoms with Gasteiger partial charge in [-0.25, -0.2) is 0 Å². The number of carbonyl (C=O) groups is 1. The lowest BCUT2D eigenvalue weighted by molar-refractivity contribution is 0.100. The molecule has 0 atom stereocenters. The number of primary amides is 1. The number of pyridine rings is 1. The Labute approximate surface area is 162 Å². The van der Waals surface area contributed by atoms with Crippen molar-refractivity contribution in [2.75, 3.05) is 7.11 Å². The van der Waals surface area contributed by atoms with Crippen molar-refractivity contribution in [3.8, 4) is 5.75 Å². The highest BCUT2D eigenvalue weighted by molar-refractivity contribution is 5.96. The van der Waals surface area contributed by atoms with Crippen molar-refractivity contribution >= 4 is 16.8 Å². The minimum absolute atomic E-state index is 0.111. The molecule has 1 aliphatic rings.